The van der Waals surface area contributed by atoms with Gasteiger partial charge in [0.2, 0.25) is 17.7 Å². The first-order chi connectivity index (χ1) is 20.4. The van der Waals surface area contributed by atoms with Crippen molar-refractivity contribution in [3.63, 3.8) is 0 Å². The van der Waals surface area contributed by atoms with Gasteiger partial charge in [-0.3, -0.25) is 19.7 Å². The van der Waals surface area contributed by atoms with E-state index >= 15 is 0 Å². The highest BCUT2D eigenvalue weighted by molar-refractivity contribution is 5.92. The maximum absolute atomic E-state index is 13.2. The van der Waals surface area contributed by atoms with Gasteiger partial charge in [-0.15, -0.1) is 0 Å². The molecule has 6 N–H and O–H groups in total. The maximum Gasteiger partial charge on any atom is 0.411 e. The summed E-state index contributed by atoms with van der Waals surface area (Å²) in [5.41, 5.74) is 0. The number of aliphatic carboxylic acids is 2. The number of carboxylic acid groups (broad SMARTS) is 2. The lowest BCUT2D eigenvalue weighted by Crippen LogP contribution is -2.55. The third-order valence-corrected chi connectivity index (χ3v) is 6.75. The average Bonchev–Trinajstić information content (AvgIpc) is 2.97. The predicted molar refractivity (Wildman–Crippen MR) is 150 cm³/mol. The number of unbranched alkanes of at least 4 members (excludes halogenated alkanes) is 3. The Labute approximate surface area is 250 Å². The van der Waals surface area contributed by atoms with Crippen LogP contribution < -0.4 is 21.3 Å². The van der Waals surface area contributed by atoms with Crippen molar-refractivity contribution in [2.45, 2.75) is 102 Å². The second-order valence-corrected chi connectivity index (χ2v) is 10.3. The molecule has 0 aliphatic carbocycles. The van der Waals surface area contributed by atoms with Crippen LogP contribution in [-0.2, 0) is 38.2 Å². The molecular weight excluding hydrogens is 570 g/mol. The summed E-state index contributed by atoms with van der Waals surface area (Å²) in [4.78, 5) is 87.1. The number of hydrogen-bond acceptors (Lipinski definition) is 10. The molecule has 0 aromatic heterocycles. The Hall–Kier alpha value is -3.95. The second kappa shape index (κ2) is 20.0. The molecule has 1 unspecified atom stereocenters. The maximum atomic E-state index is 13.2. The molecule has 16 heteroatoms. The molecule has 1 fully saturated rings. The van der Waals surface area contributed by atoms with Crippen LogP contribution >= 0.6 is 0 Å². The van der Waals surface area contributed by atoms with E-state index in [-0.39, 0.29) is 6.42 Å². The van der Waals surface area contributed by atoms with Gasteiger partial charge in [-0.1, -0.05) is 26.2 Å². The molecule has 16 nitrogen and oxygen atoms in total. The topological polar surface area (TPSA) is 230 Å². The van der Waals surface area contributed by atoms with E-state index in [1.807, 2.05) is 6.92 Å². The van der Waals surface area contributed by atoms with E-state index in [1.165, 1.54) is 11.8 Å². The standard InChI is InChI=1S/C27H45N5O11/c1-4-5-6-8-11-21(33)30-19(24(36)37)14-18(28-16-43-27(41)32-12-9-7-10-13-32)23(35)31-20(25(38)39)15-22(34)29-17(2)26(40)42-3/h17-20,28H,4-16H2,1-3H3,(H,29,34)(H,30,33)(H,31,35)(H,36,37)(H,38,39)/t17-,18?,19+,20-/m0/s1. The average molecular weight is 616 g/mol. The van der Waals surface area contributed by atoms with Crippen LogP contribution in [0.4, 0.5) is 4.79 Å². The molecule has 1 saturated heterocycles. The number of nitrogens with zero attached hydrogens (tertiary/aromatic N) is 1. The molecule has 0 aromatic rings. The minimum absolute atomic E-state index is 0.0850. The van der Waals surface area contributed by atoms with E-state index in [4.69, 9.17) is 4.74 Å². The SMILES string of the molecule is CCCCCCC(=O)N[C@H](CC(NCOC(=O)N1CCCCC1)C(=O)N[C@@H](CC(=O)N[C@@H](C)C(=O)OC)C(=O)O)C(=O)O. The first-order valence-corrected chi connectivity index (χ1v) is 14.5. The largest absolute Gasteiger partial charge is 0.480 e. The van der Waals surface area contributed by atoms with Crippen LogP contribution in [0.5, 0.6) is 0 Å². The number of likely N-dealkylation sites (tertiary alicyclic amines) is 1. The summed E-state index contributed by atoms with van der Waals surface area (Å²) in [7, 11) is 1.11. The summed E-state index contributed by atoms with van der Waals surface area (Å²) in [6.07, 6.45) is 3.99. The quantitative estimate of drug-likeness (QED) is 0.0645. The molecule has 244 valence electrons. The zero-order valence-electron chi connectivity index (χ0n) is 25.0. The van der Waals surface area contributed by atoms with E-state index in [0.717, 1.165) is 45.6 Å². The van der Waals surface area contributed by atoms with Gasteiger partial charge < -0.3 is 40.5 Å². The van der Waals surface area contributed by atoms with Gasteiger partial charge >= 0.3 is 24.0 Å². The van der Waals surface area contributed by atoms with Gasteiger partial charge in [0, 0.05) is 25.9 Å². The third kappa shape index (κ3) is 14.7. The summed E-state index contributed by atoms with van der Waals surface area (Å²) in [6, 6.07) is -5.82. The number of amides is 4. The van der Waals surface area contributed by atoms with Crippen molar-refractivity contribution in [1.29, 1.82) is 0 Å². The highest BCUT2D eigenvalue weighted by Crippen LogP contribution is 2.10. The van der Waals surface area contributed by atoms with E-state index in [0.29, 0.717) is 19.5 Å². The molecular formula is C27H45N5O11. The van der Waals surface area contributed by atoms with E-state index in [9.17, 15) is 43.8 Å². The number of hydrogen-bond donors (Lipinski definition) is 6. The van der Waals surface area contributed by atoms with Crippen molar-refractivity contribution in [3.8, 4) is 0 Å². The fourth-order valence-corrected chi connectivity index (χ4v) is 4.28. The van der Waals surface area contributed by atoms with Crippen LogP contribution in [0, 0.1) is 0 Å². The first kappa shape index (κ1) is 37.1. The Morgan fingerprint density at radius 3 is 2.05 bits per heavy atom. The van der Waals surface area contributed by atoms with E-state index in [2.05, 4.69) is 26.0 Å². The summed E-state index contributed by atoms with van der Waals surface area (Å²) in [5.74, 6) is -6.18. The third-order valence-electron chi connectivity index (χ3n) is 6.75. The Balaban J connectivity index is 2.97. The smallest absolute Gasteiger partial charge is 0.411 e. The number of piperidine rings is 1. The van der Waals surface area contributed by atoms with Gasteiger partial charge in [-0.25, -0.2) is 19.2 Å². The number of rotatable bonds is 19. The lowest BCUT2D eigenvalue weighted by atomic mass is 10.0. The zero-order valence-corrected chi connectivity index (χ0v) is 25.0. The van der Waals surface area contributed by atoms with E-state index < -0.39 is 85.5 Å². The number of methoxy groups -OCH3 is 1. The number of nitrogens with one attached hydrogen (secondary N) is 4. The van der Waals surface area contributed by atoms with Crippen molar-refractivity contribution < 1.29 is 53.2 Å². The number of ether oxygens (including phenoxy) is 2. The molecule has 0 aromatic carbocycles. The van der Waals surface area contributed by atoms with Crippen LogP contribution in [0.25, 0.3) is 0 Å². The number of carbonyl (C=O) groups excluding carboxylic acids is 5. The highest BCUT2D eigenvalue weighted by atomic mass is 16.6. The van der Waals surface area contributed by atoms with Gasteiger partial charge in [0.05, 0.1) is 19.6 Å². The molecule has 43 heavy (non-hydrogen) atoms. The fourth-order valence-electron chi connectivity index (χ4n) is 4.28. The molecule has 1 heterocycles. The Morgan fingerprint density at radius 1 is 0.814 bits per heavy atom. The van der Waals surface area contributed by atoms with Gasteiger partial charge in [0.25, 0.3) is 0 Å². The van der Waals surface area contributed by atoms with Crippen molar-refractivity contribution >= 4 is 41.7 Å². The van der Waals surface area contributed by atoms with Crippen molar-refractivity contribution in [2.24, 2.45) is 0 Å². The summed E-state index contributed by atoms with van der Waals surface area (Å²) < 4.78 is 9.70. The lowest BCUT2D eigenvalue weighted by molar-refractivity contribution is -0.146. The molecule has 0 spiro atoms. The highest BCUT2D eigenvalue weighted by Gasteiger charge is 2.32. The molecule has 0 radical (unpaired) electrons. The van der Waals surface area contributed by atoms with E-state index in [1.54, 1.807) is 0 Å². The fraction of sp³-hybridized carbons (Fsp3) is 0.741. The van der Waals surface area contributed by atoms with Crippen LogP contribution in [0.1, 0.15) is 78.1 Å². The Morgan fingerprint density at radius 2 is 1.47 bits per heavy atom. The first-order valence-electron chi connectivity index (χ1n) is 14.5. The number of carboxylic acids is 2. The lowest BCUT2D eigenvalue weighted by Gasteiger charge is -2.27. The number of esters is 1. The molecule has 1 aliphatic rings. The molecule has 1 aliphatic heterocycles. The molecule has 4 amide bonds. The van der Waals surface area contributed by atoms with Crippen LogP contribution in [0.15, 0.2) is 0 Å². The second-order valence-electron chi connectivity index (χ2n) is 10.3. The number of carbonyl (C=O) groups is 7. The van der Waals surface area contributed by atoms with Gasteiger partial charge in [-0.05, 0) is 32.6 Å². The summed E-state index contributed by atoms with van der Waals surface area (Å²) in [5, 5.41) is 28.8. The van der Waals surface area contributed by atoms with Gasteiger partial charge in [0.1, 0.15) is 24.9 Å². The van der Waals surface area contributed by atoms with Crippen molar-refractivity contribution in [3.05, 3.63) is 0 Å². The Bertz CT molecular complexity index is 971. The molecule has 1 rings (SSSR count). The van der Waals surface area contributed by atoms with Gasteiger partial charge in [-0.2, -0.15) is 0 Å². The minimum Gasteiger partial charge on any atom is -0.480 e. The monoisotopic (exact) mass is 615 g/mol. The van der Waals surface area contributed by atoms with Crippen LogP contribution in [-0.4, -0.2) is 108 Å². The van der Waals surface area contributed by atoms with Crippen LogP contribution in [0.3, 0.4) is 0 Å². The summed E-state index contributed by atoms with van der Waals surface area (Å²) >= 11 is 0. The minimum atomic E-state index is -1.76. The van der Waals surface area contributed by atoms with Crippen molar-refractivity contribution in [1.82, 2.24) is 26.2 Å². The Kier molecular flexibility index (Phi) is 17.3. The zero-order chi connectivity index (χ0) is 32.4. The van der Waals surface area contributed by atoms with Crippen LogP contribution in [0.2, 0.25) is 0 Å². The predicted octanol–water partition coefficient (Wildman–Crippen LogP) is 0.0917. The molecule has 0 saturated carbocycles. The van der Waals surface area contributed by atoms with Crippen molar-refractivity contribution in [2.75, 3.05) is 26.9 Å². The molecule has 0 bridgehead atoms. The normalized spacial score (nSPS) is 15.7. The summed E-state index contributed by atoms with van der Waals surface area (Å²) in [6.45, 7) is 3.83. The molecule has 4 atom stereocenters. The van der Waals surface area contributed by atoms with Gasteiger partial charge in [0.15, 0.2) is 0 Å².